The molecule has 0 saturated carbocycles. The lowest BCUT2D eigenvalue weighted by molar-refractivity contribution is -0.126. The van der Waals surface area contributed by atoms with E-state index in [1.54, 1.807) is 48.4 Å². The lowest BCUT2D eigenvalue weighted by Gasteiger charge is -2.29. The van der Waals surface area contributed by atoms with Crippen molar-refractivity contribution in [2.45, 2.75) is 19.1 Å². The van der Waals surface area contributed by atoms with Gasteiger partial charge in [0.25, 0.3) is 5.91 Å². The molecule has 3 aromatic rings. The monoisotopic (exact) mass is 512 g/mol. The number of carbonyl (C=O) groups excluding carboxylic acids is 2. The van der Waals surface area contributed by atoms with Crippen LogP contribution in [0.25, 0.3) is 0 Å². The van der Waals surface area contributed by atoms with Crippen LogP contribution >= 0.6 is 27.5 Å². The van der Waals surface area contributed by atoms with Gasteiger partial charge in [-0.1, -0.05) is 51.8 Å². The van der Waals surface area contributed by atoms with Crippen molar-refractivity contribution in [3.8, 4) is 5.75 Å². The van der Waals surface area contributed by atoms with E-state index in [-0.39, 0.29) is 5.75 Å². The molecule has 2 aliphatic rings. The largest absolute Gasteiger partial charge is 0.508 e. The van der Waals surface area contributed by atoms with Crippen molar-refractivity contribution in [2.24, 2.45) is 5.92 Å². The Morgan fingerprint density at radius 2 is 1.75 bits per heavy atom. The van der Waals surface area contributed by atoms with Crippen LogP contribution in [0.1, 0.15) is 17.2 Å². The van der Waals surface area contributed by atoms with Crippen LogP contribution in [0.4, 0.5) is 11.4 Å². The summed E-state index contributed by atoms with van der Waals surface area (Å²) in [5.41, 5.74) is 2.24. The molecule has 2 saturated heterocycles. The minimum Gasteiger partial charge on any atom is -0.508 e. The minimum atomic E-state index is -1.02. The molecule has 0 unspecified atom stereocenters. The smallest absolute Gasteiger partial charge is 0.266 e. The van der Waals surface area contributed by atoms with E-state index in [1.807, 2.05) is 30.3 Å². The highest BCUT2D eigenvalue weighted by Gasteiger charge is 2.61. The van der Waals surface area contributed by atoms with Gasteiger partial charge in [-0.2, -0.15) is 0 Å². The average Bonchev–Trinajstić information content (AvgIpc) is 3.29. The van der Waals surface area contributed by atoms with Crippen LogP contribution in [-0.4, -0.2) is 23.0 Å². The minimum absolute atomic E-state index is 0.0148. The molecule has 3 aromatic carbocycles. The van der Waals surface area contributed by atoms with Gasteiger partial charge in [0.1, 0.15) is 11.7 Å². The summed E-state index contributed by atoms with van der Waals surface area (Å²) in [6.07, 6.45) is -1.02. The van der Waals surface area contributed by atoms with Crippen LogP contribution in [0.2, 0.25) is 5.02 Å². The van der Waals surface area contributed by atoms with Crippen LogP contribution in [0.15, 0.2) is 71.2 Å². The standard InChI is InChI=1S/C24H18BrClN2O4/c1-13-17(26)8-5-9-18(13)27-23(30)20-21(16-12-14(25)10-11-19(16)29)28(32-22(20)24(27)31)15-6-3-2-4-7-15/h2-12,20-22,29H,1H3/t20-,21+,22-/m1/s1. The van der Waals surface area contributed by atoms with Crippen LogP contribution in [0, 0.1) is 12.8 Å². The number of rotatable bonds is 3. The molecule has 6 nitrogen and oxygen atoms in total. The number of nitrogens with zero attached hydrogens (tertiary/aromatic N) is 2. The molecule has 8 heteroatoms. The first-order valence-electron chi connectivity index (χ1n) is 10.0. The van der Waals surface area contributed by atoms with Crippen molar-refractivity contribution in [2.75, 3.05) is 9.96 Å². The van der Waals surface area contributed by atoms with E-state index in [9.17, 15) is 14.7 Å². The molecule has 2 aliphatic heterocycles. The van der Waals surface area contributed by atoms with Crippen molar-refractivity contribution in [3.63, 3.8) is 0 Å². The first kappa shape index (κ1) is 21.0. The van der Waals surface area contributed by atoms with E-state index in [0.29, 0.717) is 27.5 Å². The maximum absolute atomic E-state index is 13.7. The molecule has 0 aliphatic carbocycles. The van der Waals surface area contributed by atoms with Gasteiger partial charge in [0.15, 0.2) is 6.10 Å². The van der Waals surface area contributed by atoms with E-state index in [1.165, 1.54) is 0 Å². The van der Waals surface area contributed by atoms with Gasteiger partial charge >= 0.3 is 0 Å². The molecule has 2 heterocycles. The Bertz CT molecular complexity index is 1240. The summed E-state index contributed by atoms with van der Waals surface area (Å²) in [5.74, 6) is -1.68. The molecule has 2 amide bonds. The first-order valence-corrected chi connectivity index (χ1v) is 11.2. The Morgan fingerprint density at radius 1 is 1.00 bits per heavy atom. The predicted octanol–water partition coefficient (Wildman–Crippen LogP) is 5.17. The van der Waals surface area contributed by atoms with Gasteiger partial charge in [-0.15, -0.1) is 0 Å². The van der Waals surface area contributed by atoms with Gasteiger partial charge < -0.3 is 5.11 Å². The van der Waals surface area contributed by atoms with E-state index >= 15 is 0 Å². The maximum atomic E-state index is 13.7. The van der Waals surface area contributed by atoms with Gasteiger partial charge in [-0.25, -0.2) is 9.96 Å². The van der Waals surface area contributed by atoms with Gasteiger partial charge in [0.05, 0.1) is 17.4 Å². The number of phenols is 1. The second kappa shape index (κ2) is 7.92. The third kappa shape index (κ3) is 3.20. The van der Waals surface area contributed by atoms with Crippen molar-refractivity contribution in [1.29, 1.82) is 0 Å². The van der Waals surface area contributed by atoms with Gasteiger partial charge in [0, 0.05) is 15.1 Å². The predicted molar refractivity (Wildman–Crippen MR) is 125 cm³/mol. The molecule has 5 rings (SSSR count). The zero-order valence-corrected chi connectivity index (χ0v) is 19.2. The molecule has 32 heavy (non-hydrogen) atoms. The molecule has 162 valence electrons. The first-order chi connectivity index (χ1) is 15.4. The molecular formula is C24H18BrClN2O4. The summed E-state index contributed by atoms with van der Waals surface area (Å²) in [6.45, 7) is 1.76. The summed E-state index contributed by atoms with van der Waals surface area (Å²) >= 11 is 9.69. The van der Waals surface area contributed by atoms with Crippen molar-refractivity contribution in [3.05, 3.63) is 87.4 Å². The number of fused-ring (bicyclic) bond motifs is 1. The fraction of sp³-hybridized carbons (Fsp3) is 0.167. The Morgan fingerprint density at radius 3 is 2.50 bits per heavy atom. The number of hydrogen-bond acceptors (Lipinski definition) is 5. The van der Waals surface area contributed by atoms with Crippen molar-refractivity contribution < 1.29 is 19.5 Å². The van der Waals surface area contributed by atoms with E-state index in [0.717, 1.165) is 9.37 Å². The lowest BCUT2D eigenvalue weighted by Crippen LogP contribution is -2.37. The third-order valence-corrected chi connectivity index (χ3v) is 6.82. The zero-order chi connectivity index (χ0) is 22.6. The van der Waals surface area contributed by atoms with E-state index in [2.05, 4.69) is 15.9 Å². The average molecular weight is 514 g/mol. The highest BCUT2D eigenvalue weighted by atomic mass is 79.9. The number of benzene rings is 3. The summed E-state index contributed by atoms with van der Waals surface area (Å²) in [4.78, 5) is 34.3. The van der Waals surface area contributed by atoms with Gasteiger partial charge in [-0.05, 0) is 55.0 Å². The Kier molecular flexibility index (Phi) is 5.20. The van der Waals surface area contributed by atoms with Gasteiger partial charge in [0.2, 0.25) is 5.91 Å². The molecule has 0 aromatic heterocycles. The second-order valence-electron chi connectivity index (χ2n) is 7.76. The van der Waals surface area contributed by atoms with Gasteiger partial charge in [-0.3, -0.25) is 14.4 Å². The number of phenolic OH excluding ortho intramolecular Hbond substituents is 1. The summed E-state index contributed by atoms with van der Waals surface area (Å²) in [5, 5.41) is 12.7. The Balaban J connectivity index is 1.64. The Labute approximate surface area is 198 Å². The van der Waals surface area contributed by atoms with Crippen molar-refractivity contribution >= 4 is 50.7 Å². The number of para-hydroxylation sites is 1. The molecular weight excluding hydrogens is 496 g/mol. The number of amides is 2. The number of halogens is 2. The molecule has 2 fully saturated rings. The van der Waals surface area contributed by atoms with Crippen LogP contribution in [-0.2, 0) is 14.4 Å². The quantitative estimate of drug-likeness (QED) is 0.490. The molecule has 0 bridgehead atoms. The van der Waals surface area contributed by atoms with Crippen LogP contribution < -0.4 is 9.96 Å². The number of carbonyl (C=O) groups is 2. The third-order valence-electron chi connectivity index (χ3n) is 5.91. The highest BCUT2D eigenvalue weighted by Crippen LogP contribution is 2.50. The second-order valence-corrected chi connectivity index (χ2v) is 9.08. The molecule has 1 N–H and O–H groups in total. The highest BCUT2D eigenvalue weighted by molar-refractivity contribution is 9.10. The van der Waals surface area contributed by atoms with Crippen molar-refractivity contribution in [1.82, 2.24) is 0 Å². The summed E-state index contributed by atoms with van der Waals surface area (Å²) in [6, 6.07) is 18.6. The van der Waals surface area contributed by atoms with Crippen LogP contribution in [0.5, 0.6) is 5.75 Å². The molecule has 3 atom stereocenters. The number of anilines is 2. The fourth-order valence-electron chi connectivity index (χ4n) is 4.37. The normalized spacial score (nSPS) is 22.5. The number of imide groups is 1. The maximum Gasteiger partial charge on any atom is 0.266 e. The Hall–Kier alpha value is -2.87. The molecule has 0 radical (unpaired) electrons. The van der Waals surface area contributed by atoms with E-state index < -0.39 is 29.9 Å². The van der Waals surface area contributed by atoms with Crippen LogP contribution in [0.3, 0.4) is 0 Å². The fourth-order valence-corrected chi connectivity index (χ4v) is 4.92. The summed E-state index contributed by atoms with van der Waals surface area (Å²) in [7, 11) is 0. The molecule has 0 spiro atoms. The lowest BCUT2D eigenvalue weighted by atomic mass is 9.90. The SMILES string of the molecule is Cc1c(Cl)cccc1N1C(=O)[C@H]2[C@@H](ON(c3ccccc3)[C@H]2c2cc(Br)ccc2O)C1=O. The number of hydrogen-bond donors (Lipinski definition) is 1. The van der Waals surface area contributed by atoms with E-state index in [4.69, 9.17) is 16.4 Å². The number of hydroxylamine groups is 1. The summed E-state index contributed by atoms with van der Waals surface area (Å²) < 4.78 is 0.737. The zero-order valence-electron chi connectivity index (χ0n) is 16.9. The number of aromatic hydroxyl groups is 1. The topological polar surface area (TPSA) is 70.1 Å².